The number of para-hydroxylation sites is 1. The van der Waals surface area contributed by atoms with Gasteiger partial charge in [-0.25, -0.2) is 15.3 Å². The molecule has 0 unspecified atom stereocenters. The molecule has 1 aliphatic rings. The summed E-state index contributed by atoms with van der Waals surface area (Å²) in [6.07, 6.45) is 1.09. The number of aromatic nitrogens is 3. The molecule has 0 bridgehead atoms. The van der Waals surface area contributed by atoms with Crippen LogP contribution in [-0.4, -0.2) is 27.5 Å². The highest BCUT2D eigenvalue weighted by Gasteiger charge is 2.30. The average molecular weight is 294 g/mol. The number of hydrogen-bond donors (Lipinski definition) is 2. The number of nitrogens with zero attached hydrogens (tertiary/aromatic N) is 4. The Morgan fingerprint density at radius 1 is 1.20 bits per heavy atom. The van der Waals surface area contributed by atoms with Gasteiger partial charge in [0.15, 0.2) is 5.82 Å². The van der Waals surface area contributed by atoms with Crippen LogP contribution in [0, 0.1) is 0 Å². The van der Waals surface area contributed by atoms with Gasteiger partial charge in [0.05, 0.1) is 6.54 Å². The van der Waals surface area contributed by atoms with Gasteiger partial charge in [-0.15, -0.1) is 0 Å². The molecule has 0 atom stereocenters. The van der Waals surface area contributed by atoms with Crippen molar-refractivity contribution in [1.29, 1.82) is 0 Å². The highest BCUT2D eigenvalue weighted by Crippen LogP contribution is 2.14. The van der Waals surface area contributed by atoms with Gasteiger partial charge >= 0.3 is 15.9 Å². The normalized spacial score (nSPS) is 14.6. The zero-order valence-electron chi connectivity index (χ0n) is 10.1. The van der Waals surface area contributed by atoms with Crippen LogP contribution in [0.2, 0.25) is 0 Å². The predicted molar refractivity (Wildman–Crippen MR) is 70.2 cm³/mol. The van der Waals surface area contributed by atoms with Crippen molar-refractivity contribution in [3.63, 3.8) is 0 Å². The minimum absolute atomic E-state index is 0.0695. The van der Waals surface area contributed by atoms with Gasteiger partial charge in [0.25, 0.3) is 0 Å². The lowest BCUT2D eigenvalue weighted by atomic mass is 10.3. The molecular formula is C10H10N6O3S. The lowest BCUT2D eigenvalue weighted by Gasteiger charge is -2.16. The highest BCUT2D eigenvalue weighted by atomic mass is 32.2. The molecule has 0 radical (unpaired) electrons. The first-order valence-corrected chi connectivity index (χ1v) is 7.05. The van der Waals surface area contributed by atoms with E-state index in [1.165, 1.54) is 0 Å². The first-order valence-electron chi connectivity index (χ1n) is 5.61. The second kappa shape index (κ2) is 4.58. The summed E-state index contributed by atoms with van der Waals surface area (Å²) in [5.74, 6) is 0.267. The number of hydrazine groups is 1. The van der Waals surface area contributed by atoms with Gasteiger partial charge < -0.3 is 0 Å². The molecule has 104 valence electrons. The summed E-state index contributed by atoms with van der Waals surface area (Å²) in [5.41, 5.74) is 2.23. The summed E-state index contributed by atoms with van der Waals surface area (Å²) in [4.78, 5) is 18.7. The van der Waals surface area contributed by atoms with Crippen molar-refractivity contribution < 1.29 is 8.42 Å². The van der Waals surface area contributed by atoms with E-state index in [4.69, 9.17) is 0 Å². The first kappa shape index (κ1) is 12.6. The van der Waals surface area contributed by atoms with E-state index >= 15 is 0 Å². The van der Waals surface area contributed by atoms with Crippen LogP contribution in [-0.2, 0) is 16.8 Å². The molecule has 0 aliphatic carbocycles. The third-order valence-electron chi connectivity index (χ3n) is 2.63. The molecule has 20 heavy (non-hydrogen) atoms. The molecule has 0 saturated carbocycles. The maximum Gasteiger partial charge on any atom is 0.370 e. The molecule has 1 aromatic carbocycles. The van der Waals surface area contributed by atoms with Crippen molar-refractivity contribution in [3.8, 4) is 0 Å². The summed E-state index contributed by atoms with van der Waals surface area (Å²) < 4.78 is 28.6. The molecule has 2 aromatic rings. The Morgan fingerprint density at radius 3 is 2.65 bits per heavy atom. The van der Waals surface area contributed by atoms with Crippen LogP contribution < -0.4 is 15.9 Å². The van der Waals surface area contributed by atoms with E-state index in [2.05, 4.69) is 20.2 Å². The molecular weight excluding hydrogens is 284 g/mol. The van der Waals surface area contributed by atoms with Gasteiger partial charge in [0.2, 0.25) is 0 Å². The van der Waals surface area contributed by atoms with Gasteiger partial charge in [0.1, 0.15) is 6.33 Å². The topological polar surface area (TPSA) is 109 Å². The fraction of sp³-hybridized carbons (Fsp3) is 0.100. The van der Waals surface area contributed by atoms with E-state index in [-0.39, 0.29) is 12.4 Å². The molecule has 0 spiro atoms. The summed E-state index contributed by atoms with van der Waals surface area (Å²) in [5, 5.41) is 0. The maximum atomic E-state index is 12.2. The number of hydrogen-bond acceptors (Lipinski definition) is 6. The van der Waals surface area contributed by atoms with E-state index in [9.17, 15) is 13.2 Å². The fourth-order valence-electron chi connectivity index (χ4n) is 1.71. The zero-order chi connectivity index (χ0) is 14.2. The Bertz CT molecular complexity index is 788. The molecule has 1 aromatic heterocycles. The molecule has 3 rings (SSSR count). The Kier molecular flexibility index (Phi) is 2.88. The molecule has 0 amide bonds. The van der Waals surface area contributed by atoms with E-state index in [0.29, 0.717) is 5.69 Å². The number of benzene rings is 1. The summed E-state index contributed by atoms with van der Waals surface area (Å²) in [6, 6.07) is 8.43. The van der Waals surface area contributed by atoms with Crippen molar-refractivity contribution in [1.82, 2.24) is 19.1 Å². The minimum atomic E-state index is -3.85. The van der Waals surface area contributed by atoms with Crippen LogP contribution in [0.1, 0.15) is 5.82 Å². The molecule has 2 N–H and O–H groups in total. The van der Waals surface area contributed by atoms with Crippen LogP contribution in [0.5, 0.6) is 0 Å². The van der Waals surface area contributed by atoms with Gasteiger partial charge in [0, 0.05) is 5.69 Å². The standard InChI is InChI=1S/C10H10N6O3S/c17-10-12-7-11-9-6-15(14-16(9)10)20(18,19)13-8-4-2-1-3-5-8/h1-5,7,13-14H,6H2. The largest absolute Gasteiger partial charge is 0.370 e. The minimum Gasteiger partial charge on any atom is -0.270 e. The molecule has 1 aliphatic heterocycles. The fourth-order valence-corrected chi connectivity index (χ4v) is 2.73. The summed E-state index contributed by atoms with van der Waals surface area (Å²) in [6.45, 7) is -0.0695. The highest BCUT2D eigenvalue weighted by molar-refractivity contribution is 7.90. The third kappa shape index (κ3) is 2.21. The third-order valence-corrected chi connectivity index (χ3v) is 3.92. The lowest BCUT2D eigenvalue weighted by molar-refractivity contribution is 0.468. The SMILES string of the molecule is O=c1ncnc2n1NN(S(=O)(=O)Nc1ccccc1)C2. The van der Waals surface area contributed by atoms with E-state index in [1.807, 2.05) is 0 Å². The zero-order valence-corrected chi connectivity index (χ0v) is 10.9. The van der Waals surface area contributed by atoms with Crippen LogP contribution in [0.3, 0.4) is 0 Å². The van der Waals surface area contributed by atoms with Crippen LogP contribution in [0.15, 0.2) is 41.5 Å². The Hall–Kier alpha value is -2.46. The Morgan fingerprint density at radius 2 is 1.95 bits per heavy atom. The number of anilines is 1. The van der Waals surface area contributed by atoms with Gasteiger partial charge in [-0.3, -0.25) is 4.72 Å². The second-order valence-electron chi connectivity index (χ2n) is 3.99. The molecule has 0 saturated heterocycles. The quantitative estimate of drug-likeness (QED) is 0.772. The molecule has 10 heteroatoms. The number of fused-ring (bicyclic) bond motifs is 1. The Balaban J connectivity index is 1.85. The smallest absolute Gasteiger partial charge is 0.270 e. The average Bonchev–Trinajstić information content (AvgIpc) is 2.86. The predicted octanol–water partition coefficient (Wildman–Crippen LogP) is -0.731. The van der Waals surface area contributed by atoms with Crippen molar-refractivity contribution in [2.24, 2.45) is 0 Å². The number of rotatable bonds is 3. The van der Waals surface area contributed by atoms with E-state index < -0.39 is 15.9 Å². The number of nitrogens with one attached hydrogen (secondary N) is 2. The molecule has 9 nitrogen and oxygen atoms in total. The monoisotopic (exact) mass is 294 g/mol. The summed E-state index contributed by atoms with van der Waals surface area (Å²) in [7, 11) is -3.85. The van der Waals surface area contributed by atoms with Gasteiger partial charge in [-0.1, -0.05) is 22.6 Å². The van der Waals surface area contributed by atoms with Crippen LogP contribution in [0.25, 0.3) is 0 Å². The van der Waals surface area contributed by atoms with Crippen molar-refractivity contribution in [2.75, 3.05) is 10.3 Å². The van der Waals surface area contributed by atoms with E-state index in [0.717, 1.165) is 15.4 Å². The Labute approximate surface area is 114 Å². The van der Waals surface area contributed by atoms with Crippen molar-refractivity contribution in [3.05, 3.63) is 53.0 Å². The first-order chi connectivity index (χ1) is 9.56. The van der Waals surface area contributed by atoms with Gasteiger partial charge in [-0.2, -0.15) is 18.1 Å². The van der Waals surface area contributed by atoms with Crippen molar-refractivity contribution in [2.45, 2.75) is 6.54 Å². The van der Waals surface area contributed by atoms with Gasteiger partial charge in [-0.05, 0) is 12.1 Å². The summed E-state index contributed by atoms with van der Waals surface area (Å²) >= 11 is 0. The lowest BCUT2D eigenvalue weighted by Crippen LogP contribution is -2.40. The van der Waals surface area contributed by atoms with Crippen LogP contribution >= 0.6 is 0 Å². The van der Waals surface area contributed by atoms with Crippen LogP contribution in [0.4, 0.5) is 5.69 Å². The van der Waals surface area contributed by atoms with E-state index in [1.54, 1.807) is 30.3 Å². The molecule has 0 fully saturated rings. The maximum absolute atomic E-state index is 12.2. The van der Waals surface area contributed by atoms with Crippen molar-refractivity contribution >= 4 is 15.9 Å². The molecule has 2 heterocycles. The second-order valence-corrected chi connectivity index (χ2v) is 5.58.